The van der Waals surface area contributed by atoms with Gasteiger partial charge in [-0.3, -0.25) is 7.62 Å². The Balaban J connectivity index is 3.50. The van der Waals surface area contributed by atoms with Gasteiger partial charge in [0.1, 0.15) is 4.90 Å². The third kappa shape index (κ3) is 2.55. The molecule has 6 heteroatoms. The maximum Gasteiger partial charge on any atom is 0.295 e. The number of halogens is 1. The van der Waals surface area contributed by atoms with Gasteiger partial charge < -0.3 is 0 Å². The molecule has 0 atom stereocenters. The molecule has 0 aliphatic rings. The molecule has 0 aliphatic heterocycles. The summed E-state index contributed by atoms with van der Waals surface area (Å²) >= 11 is -1.58. The summed E-state index contributed by atoms with van der Waals surface area (Å²) < 4.78 is 41.2. The van der Waals surface area contributed by atoms with Gasteiger partial charge in [-0.25, -0.2) is 0 Å². The minimum absolute atomic E-state index is 0.201. The predicted octanol–water partition coefficient (Wildman–Crippen LogP) is 1.73. The van der Waals surface area contributed by atoms with Crippen molar-refractivity contribution in [3.8, 4) is 0 Å². The molecule has 0 aliphatic carbocycles. The Kier molecular flexibility index (Phi) is 3.14. The van der Waals surface area contributed by atoms with Crippen LogP contribution in [-0.4, -0.2) is 13.0 Å². The minimum Gasteiger partial charge on any atom is -0.282 e. The molecule has 1 N–H and O–H groups in total. The predicted molar refractivity (Wildman–Crippen MR) is 54.4 cm³/mol. The SMILES string of the molecule is Cc1ccc(I=O)c(S(=O)(=O)O)c1. The van der Waals surface area contributed by atoms with Crippen LogP contribution in [-0.2, 0) is 13.2 Å². The summed E-state index contributed by atoms with van der Waals surface area (Å²) in [5.41, 5.74) is 0.703. The van der Waals surface area contributed by atoms with Crippen LogP contribution in [0.1, 0.15) is 5.56 Å². The molecule has 0 saturated heterocycles. The van der Waals surface area contributed by atoms with E-state index >= 15 is 0 Å². The Bertz CT molecular complexity index is 438. The maximum absolute atomic E-state index is 10.8. The molecule has 0 bridgehead atoms. The highest BCUT2D eigenvalue weighted by Gasteiger charge is 2.15. The normalized spacial score (nSPS) is 11.5. The van der Waals surface area contributed by atoms with Crippen molar-refractivity contribution in [1.29, 1.82) is 0 Å². The highest BCUT2D eigenvalue weighted by molar-refractivity contribution is 14.1. The van der Waals surface area contributed by atoms with Gasteiger partial charge in [-0.1, -0.05) is 6.07 Å². The summed E-state index contributed by atoms with van der Waals surface area (Å²) in [5, 5.41) is 0. The zero-order valence-electron chi connectivity index (χ0n) is 6.69. The van der Waals surface area contributed by atoms with Crippen molar-refractivity contribution in [1.82, 2.24) is 0 Å². The van der Waals surface area contributed by atoms with Crippen LogP contribution in [0.15, 0.2) is 23.1 Å². The molecular formula is C7H7IO4S. The molecule has 0 spiro atoms. The van der Waals surface area contributed by atoms with E-state index in [1.54, 1.807) is 13.0 Å². The third-order valence-electron chi connectivity index (χ3n) is 1.45. The highest BCUT2D eigenvalue weighted by atomic mass is 127. The lowest BCUT2D eigenvalue weighted by atomic mass is 10.2. The molecule has 13 heavy (non-hydrogen) atoms. The second-order valence-electron chi connectivity index (χ2n) is 2.49. The van der Waals surface area contributed by atoms with E-state index in [1.807, 2.05) is 0 Å². The van der Waals surface area contributed by atoms with Gasteiger partial charge in [-0.2, -0.15) is 8.42 Å². The maximum atomic E-state index is 10.8. The van der Waals surface area contributed by atoms with Gasteiger partial charge in [0.05, 0.1) is 3.57 Å². The lowest BCUT2D eigenvalue weighted by Crippen LogP contribution is -2.01. The lowest BCUT2D eigenvalue weighted by molar-refractivity contribution is 0.482. The van der Waals surface area contributed by atoms with Crippen LogP contribution in [0.2, 0.25) is 0 Å². The van der Waals surface area contributed by atoms with Crippen LogP contribution in [0.4, 0.5) is 0 Å². The summed E-state index contributed by atoms with van der Waals surface area (Å²) in [6.45, 7) is 1.70. The van der Waals surface area contributed by atoms with E-state index in [4.69, 9.17) is 4.55 Å². The molecular weight excluding hydrogens is 307 g/mol. The lowest BCUT2D eigenvalue weighted by Gasteiger charge is -2.00. The van der Waals surface area contributed by atoms with Crippen LogP contribution in [0, 0.1) is 10.5 Å². The third-order valence-corrected chi connectivity index (χ3v) is 4.12. The topological polar surface area (TPSA) is 71.4 Å². The Morgan fingerprint density at radius 3 is 2.46 bits per heavy atom. The summed E-state index contributed by atoms with van der Waals surface area (Å²) in [7, 11) is -4.24. The number of hydrogen-bond donors (Lipinski definition) is 1. The van der Waals surface area contributed by atoms with Crippen molar-refractivity contribution in [2.45, 2.75) is 11.8 Å². The Morgan fingerprint density at radius 1 is 1.38 bits per heavy atom. The highest BCUT2D eigenvalue weighted by Crippen LogP contribution is 2.21. The quantitative estimate of drug-likeness (QED) is 0.666. The average Bonchev–Trinajstić information content (AvgIpc) is 2.03. The van der Waals surface area contributed by atoms with E-state index in [0.717, 1.165) is 0 Å². The van der Waals surface area contributed by atoms with Crippen LogP contribution >= 0.6 is 21.2 Å². The first-order valence-corrected chi connectivity index (χ1v) is 6.70. The Hall–Kier alpha value is -0.340. The van der Waals surface area contributed by atoms with Crippen molar-refractivity contribution in [2.24, 2.45) is 0 Å². The van der Waals surface area contributed by atoms with Gasteiger partial charge in [0, 0.05) is 0 Å². The summed E-state index contributed by atoms with van der Waals surface area (Å²) in [4.78, 5) is -0.240. The fraction of sp³-hybridized carbons (Fsp3) is 0.143. The standard InChI is InChI=1S/C7H7IO4S/c1-5-2-3-6(8-9)7(4-5)13(10,11)12/h2-4H,1H3,(H,10,11,12). The van der Waals surface area contributed by atoms with Gasteiger partial charge in [0.25, 0.3) is 10.1 Å². The number of hydrogen-bond acceptors (Lipinski definition) is 3. The molecule has 1 aromatic carbocycles. The smallest absolute Gasteiger partial charge is 0.282 e. The van der Waals surface area contributed by atoms with E-state index in [1.165, 1.54) is 12.1 Å². The zero-order chi connectivity index (χ0) is 10.1. The van der Waals surface area contributed by atoms with Gasteiger partial charge in [0.15, 0.2) is 21.2 Å². The van der Waals surface area contributed by atoms with Crippen molar-refractivity contribution in [2.75, 3.05) is 0 Å². The summed E-state index contributed by atoms with van der Waals surface area (Å²) in [6, 6.07) is 4.42. The fourth-order valence-electron chi connectivity index (χ4n) is 0.872. The fourth-order valence-corrected chi connectivity index (χ4v) is 3.27. The van der Waals surface area contributed by atoms with Crippen molar-refractivity contribution in [3.63, 3.8) is 0 Å². The monoisotopic (exact) mass is 314 g/mol. The largest absolute Gasteiger partial charge is 0.295 e. The molecule has 0 saturated carbocycles. The van der Waals surface area contributed by atoms with Crippen LogP contribution < -0.4 is 0 Å². The first-order valence-electron chi connectivity index (χ1n) is 3.30. The summed E-state index contributed by atoms with van der Waals surface area (Å²) in [6.07, 6.45) is 0. The number of aryl methyl sites for hydroxylation is 1. The average molecular weight is 314 g/mol. The van der Waals surface area contributed by atoms with E-state index < -0.39 is 31.3 Å². The molecule has 0 radical (unpaired) electrons. The van der Waals surface area contributed by atoms with Crippen molar-refractivity contribution >= 4 is 31.3 Å². The molecule has 72 valence electrons. The first kappa shape index (κ1) is 10.7. The minimum atomic E-state index is -4.24. The first-order chi connectivity index (χ1) is 5.95. The van der Waals surface area contributed by atoms with Crippen LogP contribution in [0.5, 0.6) is 0 Å². The van der Waals surface area contributed by atoms with Gasteiger partial charge in [0.2, 0.25) is 0 Å². The zero-order valence-corrected chi connectivity index (χ0v) is 9.66. The summed E-state index contributed by atoms with van der Waals surface area (Å²) in [5.74, 6) is 0. The number of rotatable bonds is 2. The molecule has 0 unspecified atom stereocenters. The van der Waals surface area contributed by atoms with Gasteiger partial charge in [-0.05, 0) is 24.6 Å². The van der Waals surface area contributed by atoms with E-state index in [-0.39, 0.29) is 8.47 Å². The van der Waals surface area contributed by atoms with Gasteiger partial charge >= 0.3 is 0 Å². The van der Waals surface area contributed by atoms with Gasteiger partial charge in [-0.15, -0.1) is 0 Å². The van der Waals surface area contributed by atoms with E-state index in [9.17, 15) is 11.5 Å². The number of benzene rings is 1. The molecule has 0 heterocycles. The molecule has 0 fully saturated rings. The van der Waals surface area contributed by atoms with E-state index in [0.29, 0.717) is 5.56 Å². The Labute approximate surface area is 86.4 Å². The second-order valence-corrected chi connectivity index (χ2v) is 5.48. The molecule has 0 amide bonds. The van der Waals surface area contributed by atoms with Crippen molar-refractivity contribution < 1.29 is 16.0 Å². The van der Waals surface area contributed by atoms with Crippen molar-refractivity contribution in [3.05, 3.63) is 27.3 Å². The molecule has 4 nitrogen and oxygen atoms in total. The Morgan fingerprint density at radius 2 is 2.00 bits per heavy atom. The molecule has 1 aromatic rings. The van der Waals surface area contributed by atoms with E-state index in [2.05, 4.69) is 0 Å². The molecule has 0 aromatic heterocycles. The molecule has 1 rings (SSSR count). The second kappa shape index (κ2) is 3.81. The van der Waals surface area contributed by atoms with Crippen LogP contribution in [0.3, 0.4) is 0 Å². The van der Waals surface area contributed by atoms with Crippen LogP contribution in [0.25, 0.3) is 0 Å².